The Hall–Kier alpha value is -2.11. The fourth-order valence-corrected chi connectivity index (χ4v) is 2.95. The quantitative estimate of drug-likeness (QED) is 0.503. The van der Waals surface area contributed by atoms with E-state index in [-0.39, 0.29) is 26.7 Å². The summed E-state index contributed by atoms with van der Waals surface area (Å²) in [5.74, 6) is -1.15. The molecular weight excluding hydrogens is 424 g/mol. The first-order valence-electron chi connectivity index (χ1n) is 6.39. The van der Waals surface area contributed by atoms with Gasteiger partial charge in [0.2, 0.25) is 10.9 Å². The first-order valence-corrected chi connectivity index (χ1v) is 8.71. The Morgan fingerprint density at radius 2 is 1.81 bits per heavy atom. The Kier molecular flexibility index (Phi) is 5.94. The Balaban J connectivity index is 2.38. The molecule has 0 amide bonds. The van der Waals surface area contributed by atoms with Crippen molar-refractivity contribution in [3.63, 3.8) is 0 Å². The molecule has 1 atom stereocenters. The molecule has 0 aliphatic carbocycles. The van der Waals surface area contributed by atoms with Crippen molar-refractivity contribution in [2.75, 3.05) is 6.26 Å². The number of alkyl halides is 3. The van der Waals surface area contributed by atoms with Crippen LogP contribution in [0.2, 0.25) is 10.0 Å². The van der Waals surface area contributed by atoms with Crippen molar-refractivity contribution in [3.8, 4) is 17.4 Å². The maximum atomic E-state index is 12.2. The predicted molar refractivity (Wildman–Crippen MR) is 86.4 cm³/mol. The van der Waals surface area contributed by atoms with Crippen molar-refractivity contribution in [2.45, 2.75) is 11.4 Å². The second-order valence-corrected chi connectivity index (χ2v) is 6.66. The van der Waals surface area contributed by atoms with Crippen LogP contribution in [0.1, 0.15) is 0 Å². The van der Waals surface area contributed by atoms with Gasteiger partial charge in [-0.25, -0.2) is 0 Å². The summed E-state index contributed by atoms with van der Waals surface area (Å²) in [5, 5.41) is 9.90. The highest BCUT2D eigenvalue weighted by Crippen LogP contribution is 2.40. The molecule has 0 saturated carbocycles. The molecule has 1 aromatic carbocycles. The van der Waals surface area contributed by atoms with E-state index in [0.717, 1.165) is 24.3 Å². The van der Waals surface area contributed by atoms with E-state index in [1.807, 2.05) is 0 Å². The molecule has 2 aromatic rings. The lowest BCUT2D eigenvalue weighted by molar-refractivity contribution is -0.388. The zero-order chi connectivity index (χ0) is 19.6. The molecule has 0 aliphatic rings. The van der Waals surface area contributed by atoms with Crippen LogP contribution in [0.15, 0.2) is 29.3 Å². The molecule has 1 unspecified atom stereocenters. The Morgan fingerprint density at radius 1 is 1.23 bits per heavy atom. The third-order valence-electron chi connectivity index (χ3n) is 2.70. The number of halogens is 5. The summed E-state index contributed by atoms with van der Waals surface area (Å²) >= 11 is 11.7. The van der Waals surface area contributed by atoms with Gasteiger partial charge in [-0.3, -0.25) is 14.3 Å². The number of ether oxygens (including phenoxy) is 2. The summed E-state index contributed by atoms with van der Waals surface area (Å²) in [6.07, 6.45) is -3.75. The van der Waals surface area contributed by atoms with E-state index in [1.54, 1.807) is 0 Å². The average Bonchev–Trinajstić information content (AvgIpc) is 2.48. The maximum Gasteiger partial charge on any atom is 0.573 e. The Morgan fingerprint density at radius 3 is 2.27 bits per heavy atom. The molecule has 0 aliphatic heterocycles. The summed E-state index contributed by atoms with van der Waals surface area (Å²) in [6.45, 7) is 0. The van der Waals surface area contributed by atoms with Gasteiger partial charge in [-0.2, -0.15) is 4.98 Å². The van der Waals surface area contributed by atoms with E-state index in [4.69, 9.17) is 27.9 Å². The highest BCUT2D eigenvalue weighted by molar-refractivity contribution is 7.84. The van der Waals surface area contributed by atoms with Gasteiger partial charge in [-0.15, -0.1) is 13.2 Å². The van der Waals surface area contributed by atoms with Crippen molar-refractivity contribution in [2.24, 2.45) is 0 Å². The third-order valence-corrected chi connectivity index (χ3v) is 4.10. The average molecular weight is 431 g/mol. The van der Waals surface area contributed by atoms with Gasteiger partial charge in [0.1, 0.15) is 5.75 Å². The number of pyridine rings is 1. The maximum absolute atomic E-state index is 12.2. The minimum Gasteiger partial charge on any atom is -0.436 e. The number of aromatic nitrogens is 1. The fraction of sp³-hybridized carbons (Fsp3) is 0.154. The standard InChI is InChI=1S/C13H7Cl2F3N2O5S/c1-26(23)12-9(20(21)22)2-3-10(19-12)24-11-7(14)4-6(5-8(11)15)25-13(16,17)18/h2-5H,1H3. The molecule has 1 aromatic heterocycles. The lowest BCUT2D eigenvalue weighted by Gasteiger charge is -2.13. The number of rotatable bonds is 5. The fourth-order valence-electron chi connectivity index (χ4n) is 1.75. The van der Waals surface area contributed by atoms with Gasteiger partial charge in [0, 0.05) is 30.5 Å². The molecule has 0 saturated heterocycles. The monoisotopic (exact) mass is 430 g/mol. The molecule has 13 heteroatoms. The molecular formula is C13H7Cl2F3N2O5S. The van der Waals surface area contributed by atoms with Gasteiger partial charge in [0.15, 0.2) is 5.75 Å². The smallest absolute Gasteiger partial charge is 0.436 e. The van der Waals surface area contributed by atoms with Crippen molar-refractivity contribution in [3.05, 3.63) is 44.4 Å². The van der Waals surface area contributed by atoms with Crippen LogP contribution in [-0.4, -0.2) is 26.7 Å². The van der Waals surface area contributed by atoms with Crippen LogP contribution in [0.25, 0.3) is 0 Å². The van der Waals surface area contributed by atoms with Gasteiger partial charge in [-0.1, -0.05) is 23.2 Å². The number of benzene rings is 1. The minimum absolute atomic E-state index is 0.242. The molecule has 1 heterocycles. The van der Waals surface area contributed by atoms with Crippen LogP contribution >= 0.6 is 23.2 Å². The van der Waals surface area contributed by atoms with Gasteiger partial charge in [0.25, 0.3) is 0 Å². The second-order valence-electron chi connectivity index (χ2n) is 4.55. The molecule has 0 N–H and O–H groups in total. The van der Waals surface area contributed by atoms with Gasteiger partial charge in [0.05, 0.1) is 25.8 Å². The summed E-state index contributed by atoms with van der Waals surface area (Å²) < 4.78 is 57.3. The van der Waals surface area contributed by atoms with Crippen molar-refractivity contribution in [1.29, 1.82) is 0 Å². The van der Waals surface area contributed by atoms with Crippen molar-refractivity contribution < 1.29 is 31.8 Å². The van der Waals surface area contributed by atoms with Crippen LogP contribution in [0.5, 0.6) is 17.4 Å². The van der Waals surface area contributed by atoms with E-state index in [0.29, 0.717) is 0 Å². The van der Waals surface area contributed by atoms with Crippen LogP contribution in [0, 0.1) is 10.1 Å². The first kappa shape index (κ1) is 20.2. The molecule has 2 rings (SSSR count). The largest absolute Gasteiger partial charge is 0.573 e. The lowest BCUT2D eigenvalue weighted by Crippen LogP contribution is -2.17. The minimum atomic E-state index is -4.94. The number of nitrogens with zero attached hydrogens (tertiary/aromatic N) is 2. The van der Waals surface area contributed by atoms with Crippen molar-refractivity contribution in [1.82, 2.24) is 4.98 Å². The van der Waals surface area contributed by atoms with E-state index in [2.05, 4.69) is 9.72 Å². The molecule has 0 bridgehead atoms. The summed E-state index contributed by atoms with van der Waals surface area (Å²) in [4.78, 5) is 13.9. The lowest BCUT2D eigenvalue weighted by atomic mass is 10.3. The molecule has 26 heavy (non-hydrogen) atoms. The highest BCUT2D eigenvalue weighted by atomic mass is 35.5. The van der Waals surface area contributed by atoms with Crippen LogP contribution in [0.4, 0.5) is 18.9 Å². The molecule has 140 valence electrons. The number of hydrogen-bond acceptors (Lipinski definition) is 6. The van der Waals surface area contributed by atoms with E-state index in [1.165, 1.54) is 6.26 Å². The zero-order valence-electron chi connectivity index (χ0n) is 12.5. The van der Waals surface area contributed by atoms with E-state index >= 15 is 0 Å². The Bertz CT molecular complexity index is 872. The van der Waals surface area contributed by atoms with Crippen LogP contribution < -0.4 is 9.47 Å². The molecule has 0 spiro atoms. The zero-order valence-corrected chi connectivity index (χ0v) is 14.9. The summed E-state index contributed by atoms with van der Waals surface area (Å²) in [6, 6.07) is 3.75. The third kappa shape index (κ3) is 4.96. The van der Waals surface area contributed by atoms with Gasteiger partial charge < -0.3 is 9.47 Å². The van der Waals surface area contributed by atoms with Crippen LogP contribution in [-0.2, 0) is 10.8 Å². The number of hydrogen-bond donors (Lipinski definition) is 0. The SMILES string of the molecule is CS(=O)c1nc(Oc2c(Cl)cc(OC(F)(F)F)cc2Cl)ccc1[N+](=O)[O-]. The summed E-state index contributed by atoms with van der Waals surface area (Å²) in [5.41, 5.74) is -0.482. The van der Waals surface area contributed by atoms with Crippen LogP contribution in [0.3, 0.4) is 0 Å². The van der Waals surface area contributed by atoms with E-state index < -0.39 is 33.5 Å². The second kappa shape index (κ2) is 7.64. The predicted octanol–water partition coefficient (Wildman–Crippen LogP) is 4.72. The van der Waals surface area contributed by atoms with E-state index in [9.17, 15) is 27.5 Å². The van der Waals surface area contributed by atoms with Crippen molar-refractivity contribution >= 4 is 39.7 Å². The van der Waals surface area contributed by atoms with Gasteiger partial charge >= 0.3 is 12.0 Å². The molecule has 0 fully saturated rings. The highest BCUT2D eigenvalue weighted by Gasteiger charge is 2.32. The summed E-state index contributed by atoms with van der Waals surface area (Å²) in [7, 11) is -1.80. The number of nitro groups is 1. The molecule has 0 radical (unpaired) electrons. The molecule has 7 nitrogen and oxygen atoms in total. The van der Waals surface area contributed by atoms with Gasteiger partial charge in [-0.05, 0) is 0 Å². The normalized spacial score (nSPS) is 12.5. The Labute approximate surface area is 156 Å². The first-order chi connectivity index (χ1) is 12.0. The topological polar surface area (TPSA) is 91.6 Å².